The second kappa shape index (κ2) is 6.59. The maximum absolute atomic E-state index is 13.2. The third-order valence-corrected chi connectivity index (χ3v) is 4.05. The molecular formula is C16H16BrClFN. The molecule has 2 aromatic rings. The van der Waals surface area contributed by atoms with Crippen LogP contribution in [0.1, 0.15) is 31.0 Å². The van der Waals surface area contributed by atoms with Gasteiger partial charge < -0.3 is 5.32 Å². The lowest BCUT2D eigenvalue weighted by Crippen LogP contribution is -2.08. The van der Waals surface area contributed by atoms with Gasteiger partial charge in [0.1, 0.15) is 5.82 Å². The molecular weight excluding hydrogens is 341 g/mol. The number of anilines is 1. The van der Waals surface area contributed by atoms with Gasteiger partial charge in [0.25, 0.3) is 0 Å². The molecule has 0 saturated carbocycles. The van der Waals surface area contributed by atoms with Crippen molar-refractivity contribution >= 4 is 33.2 Å². The Hall–Kier alpha value is -1.06. The molecule has 0 aliphatic heterocycles. The second-order valence-corrected chi connectivity index (χ2v) is 6.02. The molecule has 0 aliphatic rings. The number of rotatable bonds is 4. The first-order chi connectivity index (χ1) is 9.51. The monoisotopic (exact) mass is 355 g/mol. The van der Waals surface area contributed by atoms with Crippen LogP contribution in [0.3, 0.4) is 0 Å². The van der Waals surface area contributed by atoms with Crippen molar-refractivity contribution in [3.63, 3.8) is 0 Å². The highest BCUT2D eigenvalue weighted by Crippen LogP contribution is 2.27. The number of hydrogen-bond acceptors (Lipinski definition) is 1. The molecule has 0 radical (unpaired) electrons. The van der Waals surface area contributed by atoms with Crippen molar-refractivity contribution in [2.75, 3.05) is 5.32 Å². The van der Waals surface area contributed by atoms with E-state index in [1.54, 1.807) is 12.1 Å². The fourth-order valence-corrected chi connectivity index (χ4v) is 2.69. The lowest BCUT2D eigenvalue weighted by Gasteiger charge is -2.19. The second-order valence-electron chi connectivity index (χ2n) is 4.69. The highest BCUT2D eigenvalue weighted by molar-refractivity contribution is 9.10. The quantitative estimate of drug-likeness (QED) is 0.711. The average Bonchev–Trinajstić information content (AvgIpc) is 2.43. The lowest BCUT2D eigenvalue weighted by molar-refractivity contribution is 0.627. The van der Waals surface area contributed by atoms with Crippen LogP contribution in [-0.4, -0.2) is 0 Å². The van der Waals surface area contributed by atoms with E-state index in [-0.39, 0.29) is 16.9 Å². The van der Waals surface area contributed by atoms with E-state index in [0.29, 0.717) is 0 Å². The number of benzene rings is 2. The smallest absolute Gasteiger partial charge is 0.141 e. The number of nitrogens with one attached hydrogen (secondary N) is 1. The van der Waals surface area contributed by atoms with E-state index in [4.69, 9.17) is 11.6 Å². The fraction of sp³-hybridized carbons (Fsp3) is 0.250. The SMILES string of the molecule is CCc1cc(Br)ccc1NC(C)c1ccc(F)c(Cl)c1. The van der Waals surface area contributed by atoms with Gasteiger partial charge >= 0.3 is 0 Å². The summed E-state index contributed by atoms with van der Waals surface area (Å²) < 4.78 is 14.3. The molecule has 2 aromatic carbocycles. The first-order valence-electron chi connectivity index (χ1n) is 6.51. The summed E-state index contributed by atoms with van der Waals surface area (Å²) in [5, 5.41) is 3.60. The van der Waals surface area contributed by atoms with E-state index in [1.165, 1.54) is 11.6 Å². The van der Waals surface area contributed by atoms with Crippen molar-refractivity contribution in [3.05, 3.63) is 62.8 Å². The summed E-state index contributed by atoms with van der Waals surface area (Å²) in [5.74, 6) is -0.388. The minimum absolute atomic E-state index is 0.0552. The molecule has 4 heteroatoms. The third kappa shape index (κ3) is 3.53. The Morgan fingerprint density at radius 1 is 1.25 bits per heavy atom. The van der Waals surface area contributed by atoms with Gasteiger partial charge in [0.2, 0.25) is 0 Å². The van der Waals surface area contributed by atoms with Crippen molar-refractivity contribution in [1.29, 1.82) is 0 Å². The molecule has 0 saturated heterocycles. The van der Waals surface area contributed by atoms with Crippen molar-refractivity contribution in [2.24, 2.45) is 0 Å². The van der Waals surface area contributed by atoms with E-state index >= 15 is 0 Å². The fourth-order valence-electron chi connectivity index (χ4n) is 2.09. The first-order valence-corrected chi connectivity index (χ1v) is 7.68. The van der Waals surface area contributed by atoms with E-state index in [2.05, 4.69) is 34.2 Å². The van der Waals surface area contributed by atoms with Gasteiger partial charge in [-0.3, -0.25) is 0 Å². The summed E-state index contributed by atoms with van der Waals surface area (Å²) >= 11 is 9.31. The van der Waals surface area contributed by atoms with Crippen molar-refractivity contribution in [1.82, 2.24) is 0 Å². The summed E-state index contributed by atoms with van der Waals surface area (Å²) in [6.07, 6.45) is 0.943. The molecule has 0 heterocycles. The summed E-state index contributed by atoms with van der Waals surface area (Å²) in [5.41, 5.74) is 3.28. The third-order valence-electron chi connectivity index (χ3n) is 3.26. The normalized spacial score (nSPS) is 12.2. The molecule has 0 amide bonds. The Kier molecular flexibility index (Phi) is 5.06. The van der Waals surface area contributed by atoms with E-state index in [1.807, 2.05) is 19.1 Å². The predicted octanol–water partition coefficient (Wildman–Crippen LogP) is 5.98. The van der Waals surface area contributed by atoms with Crippen molar-refractivity contribution in [3.8, 4) is 0 Å². The summed E-state index contributed by atoms with van der Waals surface area (Å²) in [4.78, 5) is 0. The molecule has 0 aliphatic carbocycles. The standard InChI is InChI=1S/C16H16BrClFN/c1-3-11-8-13(17)5-7-16(11)20-10(2)12-4-6-15(19)14(18)9-12/h4-10,20H,3H2,1-2H3. The van der Waals surface area contributed by atoms with Crippen LogP contribution in [0.25, 0.3) is 0 Å². The molecule has 0 bridgehead atoms. The van der Waals surface area contributed by atoms with Gasteiger partial charge in [0.15, 0.2) is 0 Å². The summed E-state index contributed by atoms with van der Waals surface area (Å²) in [6.45, 7) is 4.15. The minimum Gasteiger partial charge on any atom is -0.378 e. The summed E-state index contributed by atoms with van der Waals surface area (Å²) in [7, 11) is 0. The van der Waals surface area contributed by atoms with Crippen LogP contribution >= 0.6 is 27.5 Å². The molecule has 0 aromatic heterocycles. The van der Waals surface area contributed by atoms with Gasteiger partial charge in [0, 0.05) is 16.2 Å². The highest BCUT2D eigenvalue weighted by atomic mass is 79.9. The Morgan fingerprint density at radius 2 is 2.00 bits per heavy atom. The molecule has 1 nitrogen and oxygen atoms in total. The van der Waals surface area contributed by atoms with Gasteiger partial charge in [-0.05, 0) is 54.8 Å². The molecule has 0 spiro atoms. The number of aryl methyl sites for hydroxylation is 1. The Morgan fingerprint density at radius 3 is 2.65 bits per heavy atom. The summed E-state index contributed by atoms with van der Waals surface area (Å²) in [6, 6.07) is 11.0. The molecule has 1 unspecified atom stereocenters. The first kappa shape index (κ1) is 15.3. The van der Waals surface area contributed by atoms with Crippen LogP contribution < -0.4 is 5.32 Å². The zero-order valence-corrected chi connectivity index (χ0v) is 13.7. The van der Waals surface area contributed by atoms with Gasteiger partial charge in [-0.25, -0.2) is 4.39 Å². The lowest BCUT2D eigenvalue weighted by atomic mass is 10.1. The average molecular weight is 357 g/mol. The Bertz CT molecular complexity index is 615. The van der Waals surface area contributed by atoms with Gasteiger partial charge in [0.05, 0.1) is 5.02 Å². The molecule has 2 rings (SSSR count). The maximum atomic E-state index is 13.2. The van der Waals surface area contributed by atoms with E-state index in [9.17, 15) is 4.39 Å². The van der Waals surface area contributed by atoms with Crippen LogP contribution in [0.5, 0.6) is 0 Å². The van der Waals surface area contributed by atoms with Crippen LogP contribution in [0.15, 0.2) is 40.9 Å². The molecule has 106 valence electrons. The number of hydrogen-bond donors (Lipinski definition) is 1. The number of halogens is 3. The zero-order chi connectivity index (χ0) is 14.7. The van der Waals surface area contributed by atoms with Crippen LogP contribution in [-0.2, 0) is 6.42 Å². The predicted molar refractivity (Wildman–Crippen MR) is 87.0 cm³/mol. The van der Waals surface area contributed by atoms with Crippen LogP contribution in [0, 0.1) is 5.82 Å². The maximum Gasteiger partial charge on any atom is 0.141 e. The van der Waals surface area contributed by atoms with Crippen molar-refractivity contribution in [2.45, 2.75) is 26.3 Å². The van der Waals surface area contributed by atoms with E-state index in [0.717, 1.165) is 22.1 Å². The molecule has 0 fully saturated rings. The molecule has 1 N–H and O–H groups in total. The Balaban J connectivity index is 2.22. The zero-order valence-electron chi connectivity index (χ0n) is 11.4. The van der Waals surface area contributed by atoms with Crippen LogP contribution in [0.4, 0.5) is 10.1 Å². The minimum atomic E-state index is -0.388. The van der Waals surface area contributed by atoms with Gasteiger partial charge in [-0.2, -0.15) is 0 Å². The molecule has 1 atom stereocenters. The van der Waals surface area contributed by atoms with Gasteiger partial charge in [-0.15, -0.1) is 0 Å². The highest BCUT2D eigenvalue weighted by Gasteiger charge is 2.10. The van der Waals surface area contributed by atoms with E-state index < -0.39 is 0 Å². The van der Waals surface area contributed by atoms with Crippen molar-refractivity contribution < 1.29 is 4.39 Å². The van der Waals surface area contributed by atoms with Crippen LogP contribution in [0.2, 0.25) is 5.02 Å². The van der Waals surface area contributed by atoms with Gasteiger partial charge in [-0.1, -0.05) is 40.5 Å². The Labute approximate surface area is 132 Å². The molecule has 20 heavy (non-hydrogen) atoms. The topological polar surface area (TPSA) is 12.0 Å². The largest absolute Gasteiger partial charge is 0.378 e.